The highest BCUT2D eigenvalue weighted by atomic mass is 35.5. The molecule has 102 valence electrons. The number of hydrogen-bond donors (Lipinski definition) is 0. The number of morpholine rings is 1. The number of anilines is 1. The first-order valence-electron chi connectivity index (χ1n) is 5.45. The molecular weight excluding hydrogens is 274 g/mol. The monoisotopic (exact) mass is 285 g/mol. The van der Waals surface area contributed by atoms with Crippen molar-refractivity contribution in [2.45, 2.75) is 0 Å². The highest BCUT2D eigenvalue weighted by molar-refractivity contribution is 6.32. The topological polar surface area (TPSA) is 65.1 Å². The third-order valence-corrected chi connectivity index (χ3v) is 2.96. The van der Waals surface area contributed by atoms with E-state index >= 15 is 0 Å². The molecule has 0 N–H and O–H groups in total. The second kappa shape index (κ2) is 5.36. The Labute approximate surface area is 114 Å². The Balaban J connectivity index is 2.42. The van der Waals surface area contributed by atoms with Crippen LogP contribution >= 0.6 is 11.6 Å². The summed E-state index contributed by atoms with van der Waals surface area (Å²) in [5.41, 5.74) is 0.550. The highest BCUT2D eigenvalue weighted by Crippen LogP contribution is 2.38. The van der Waals surface area contributed by atoms with Crippen molar-refractivity contribution >= 4 is 29.2 Å². The van der Waals surface area contributed by atoms with Crippen LogP contribution in [0.4, 0.5) is 5.69 Å². The fraction of sp³-hybridized carbons (Fsp3) is 0.333. The van der Waals surface area contributed by atoms with E-state index in [9.17, 15) is 9.59 Å². The van der Waals surface area contributed by atoms with E-state index in [1.165, 1.54) is 14.2 Å². The third-order valence-electron chi connectivity index (χ3n) is 2.66. The van der Waals surface area contributed by atoms with Crippen molar-refractivity contribution in [3.05, 3.63) is 17.2 Å². The van der Waals surface area contributed by atoms with Crippen LogP contribution in [-0.2, 0) is 14.3 Å². The molecule has 0 aromatic heterocycles. The molecule has 19 heavy (non-hydrogen) atoms. The first kappa shape index (κ1) is 13.5. The Morgan fingerprint density at radius 3 is 2.21 bits per heavy atom. The Hall–Kier alpha value is -1.95. The third kappa shape index (κ3) is 2.73. The van der Waals surface area contributed by atoms with Gasteiger partial charge in [0.05, 0.1) is 24.9 Å². The maximum Gasteiger partial charge on any atom is 0.333 e. The summed E-state index contributed by atoms with van der Waals surface area (Å²) < 4.78 is 14.8. The number of nitrogens with zero attached hydrogens (tertiary/aromatic N) is 1. The first-order valence-corrected chi connectivity index (χ1v) is 5.83. The van der Waals surface area contributed by atoms with E-state index in [0.29, 0.717) is 22.2 Å². The van der Waals surface area contributed by atoms with Crippen molar-refractivity contribution in [3.8, 4) is 11.5 Å². The number of benzene rings is 1. The molecule has 1 aliphatic rings. The van der Waals surface area contributed by atoms with Crippen LogP contribution in [0.5, 0.6) is 11.5 Å². The van der Waals surface area contributed by atoms with E-state index in [0.717, 1.165) is 0 Å². The van der Waals surface area contributed by atoms with E-state index in [1.54, 1.807) is 17.0 Å². The minimum atomic E-state index is -0.604. The lowest BCUT2D eigenvalue weighted by molar-refractivity contribution is -0.160. The molecule has 7 heteroatoms. The molecule has 1 aromatic carbocycles. The van der Waals surface area contributed by atoms with Gasteiger partial charge in [0, 0.05) is 12.1 Å². The molecule has 2 rings (SSSR count). The summed E-state index contributed by atoms with van der Waals surface area (Å²) in [7, 11) is 2.96. The number of halogens is 1. The van der Waals surface area contributed by atoms with Crippen molar-refractivity contribution in [1.82, 2.24) is 0 Å². The zero-order valence-electron chi connectivity index (χ0n) is 10.4. The molecule has 1 aromatic rings. The van der Waals surface area contributed by atoms with Gasteiger partial charge in [0.15, 0.2) is 0 Å². The Bertz CT molecular complexity index is 515. The van der Waals surface area contributed by atoms with Crippen LogP contribution in [0.25, 0.3) is 0 Å². The SMILES string of the molecule is COc1cc(N2CC(=O)OC(=O)C2)c(OC)cc1Cl. The quantitative estimate of drug-likeness (QED) is 0.615. The van der Waals surface area contributed by atoms with Gasteiger partial charge in [0.25, 0.3) is 0 Å². The number of cyclic esters (lactones) is 2. The molecule has 0 aliphatic carbocycles. The lowest BCUT2D eigenvalue weighted by atomic mass is 10.2. The molecule has 1 saturated heterocycles. The first-order chi connectivity index (χ1) is 9.05. The van der Waals surface area contributed by atoms with Crippen LogP contribution in [0.1, 0.15) is 0 Å². The molecule has 1 fully saturated rings. The Morgan fingerprint density at radius 2 is 1.68 bits per heavy atom. The number of hydrogen-bond acceptors (Lipinski definition) is 6. The summed E-state index contributed by atoms with van der Waals surface area (Å²) >= 11 is 5.99. The summed E-state index contributed by atoms with van der Waals surface area (Å²) in [6.07, 6.45) is 0. The van der Waals surface area contributed by atoms with Crippen LogP contribution in [0.15, 0.2) is 12.1 Å². The van der Waals surface area contributed by atoms with Gasteiger partial charge in [-0.25, -0.2) is 9.59 Å². The molecule has 0 atom stereocenters. The molecule has 0 spiro atoms. The number of methoxy groups -OCH3 is 2. The molecule has 0 bridgehead atoms. The van der Waals surface area contributed by atoms with E-state index in [-0.39, 0.29) is 13.1 Å². The molecule has 0 unspecified atom stereocenters. The maximum absolute atomic E-state index is 11.3. The standard InChI is InChI=1S/C12H12ClNO5/c1-17-9-4-8(10(18-2)3-7(9)13)14-5-11(15)19-12(16)6-14/h3-4H,5-6H2,1-2H3. The van der Waals surface area contributed by atoms with Gasteiger partial charge < -0.3 is 19.1 Å². The molecule has 0 radical (unpaired) electrons. The molecular formula is C12H12ClNO5. The minimum Gasteiger partial charge on any atom is -0.495 e. The number of carbonyl (C=O) groups excluding carboxylic acids is 2. The van der Waals surface area contributed by atoms with Crippen molar-refractivity contribution in [1.29, 1.82) is 0 Å². The number of rotatable bonds is 3. The van der Waals surface area contributed by atoms with Gasteiger partial charge in [0.2, 0.25) is 0 Å². The lowest BCUT2D eigenvalue weighted by Gasteiger charge is -2.28. The second-order valence-electron chi connectivity index (χ2n) is 3.86. The van der Waals surface area contributed by atoms with Crippen molar-refractivity contribution < 1.29 is 23.8 Å². The van der Waals surface area contributed by atoms with Gasteiger partial charge in [-0.3, -0.25) is 0 Å². The summed E-state index contributed by atoms with van der Waals surface area (Å²) in [5, 5.41) is 0.383. The highest BCUT2D eigenvalue weighted by Gasteiger charge is 2.27. The van der Waals surface area contributed by atoms with Gasteiger partial charge in [-0.15, -0.1) is 0 Å². The molecule has 0 amide bonds. The van der Waals surface area contributed by atoms with E-state index in [2.05, 4.69) is 4.74 Å². The van der Waals surface area contributed by atoms with Crippen molar-refractivity contribution in [3.63, 3.8) is 0 Å². The van der Waals surface area contributed by atoms with Gasteiger partial charge in [-0.2, -0.15) is 0 Å². The van der Waals surface area contributed by atoms with Gasteiger partial charge in [-0.05, 0) is 0 Å². The summed E-state index contributed by atoms with van der Waals surface area (Å²) in [5.74, 6) is -0.323. The van der Waals surface area contributed by atoms with Gasteiger partial charge in [0.1, 0.15) is 24.6 Å². The predicted molar refractivity (Wildman–Crippen MR) is 67.9 cm³/mol. The van der Waals surface area contributed by atoms with Gasteiger partial charge >= 0.3 is 11.9 Å². The van der Waals surface area contributed by atoms with E-state index in [1.807, 2.05) is 0 Å². The number of carbonyl (C=O) groups is 2. The van der Waals surface area contributed by atoms with Crippen molar-refractivity contribution in [2.75, 3.05) is 32.2 Å². The second-order valence-corrected chi connectivity index (χ2v) is 4.27. The van der Waals surface area contributed by atoms with Gasteiger partial charge in [-0.1, -0.05) is 11.6 Å². The van der Waals surface area contributed by atoms with Crippen LogP contribution in [-0.4, -0.2) is 39.2 Å². The zero-order valence-corrected chi connectivity index (χ0v) is 11.2. The lowest BCUT2D eigenvalue weighted by Crippen LogP contribution is -2.43. The molecule has 1 aliphatic heterocycles. The zero-order chi connectivity index (χ0) is 14.0. The van der Waals surface area contributed by atoms with E-state index in [4.69, 9.17) is 21.1 Å². The van der Waals surface area contributed by atoms with Crippen LogP contribution in [0, 0.1) is 0 Å². The summed E-state index contributed by atoms with van der Waals surface area (Å²) in [4.78, 5) is 24.1. The van der Waals surface area contributed by atoms with E-state index < -0.39 is 11.9 Å². The number of ether oxygens (including phenoxy) is 3. The summed E-state index contributed by atoms with van der Waals surface area (Å²) in [6, 6.07) is 3.19. The minimum absolute atomic E-state index is 0.0348. The maximum atomic E-state index is 11.3. The fourth-order valence-electron chi connectivity index (χ4n) is 1.82. The Morgan fingerprint density at radius 1 is 1.11 bits per heavy atom. The van der Waals surface area contributed by atoms with Crippen LogP contribution in [0.3, 0.4) is 0 Å². The Kier molecular flexibility index (Phi) is 3.80. The average molecular weight is 286 g/mol. The molecule has 1 heterocycles. The molecule has 6 nitrogen and oxygen atoms in total. The van der Waals surface area contributed by atoms with Crippen LogP contribution in [0.2, 0.25) is 5.02 Å². The molecule has 0 saturated carbocycles. The average Bonchev–Trinajstić information content (AvgIpc) is 2.37. The largest absolute Gasteiger partial charge is 0.495 e. The summed E-state index contributed by atoms with van der Waals surface area (Å²) in [6.45, 7) is -0.0697. The normalized spacial score (nSPS) is 15.2. The number of esters is 2. The fourth-order valence-corrected chi connectivity index (χ4v) is 2.05. The smallest absolute Gasteiger partial charge is 0.333 e. The van der Waals surface area contributed by atoms with Crippen LogP contribution < -0.4 is 14.4 Å². The predicted octanol–water partition coefficient (Wildman–Crippen LogP) is 1.25. The van der Waals surface area contributed by atoms with Crippen molar-refractivity contribution in [2.24, 2.45) is 0 Å².